The molecule has 0 amide bonds. The summed E-state index contributed by atoms with van der Waals surface area (Å²) in [6, 6.07) is 0. The van der Waals surface area contributed by atoms with Crippen LogP contribution in [-0.2, 0) is 0 Å². The van der Waals surface area contributed by atoms with E-state index < -0.39 is 0 Å². The number of hydrogen-bond acceptors (Lipinski definition) is 0. The second-order valence-corrected chi connectivity index (χ2v) is 2.88. The molecular weight excluding hydrogens is 144 g/mol. The van der Waals surface area contributed by atoms with Gasteiger partial charge in [0.1, 0.15) is 0 Å². The highest BCUT2D eigenvalue weighted by Gasteiger charge is 1.79. The molecule has 64 valence electrons. The van der Waals surface area contributed by atoms with Crippen LogP contribution < -0.4 is 0 Å². The molecule has 1 aliphatic rings. The molecule has 12 heavy (non-hydrogen) atoms. The summed E-state index contributed by atoms with van der Waals surface area (Å²) < 4.78 is 0. The lowest BCUT2D eigenvalue weighted by molar-refractivity contribution is 0.868. The van der Waals surface area contributed by atoms with Crippen molar-refractivity contribution in [3.05, 3.63) is 48.6 Å². The second-order valence-electron chi connectivity index (χ2n) is 2.88. The first kappa shape index (κ1) is 9.05. The molecule has 0 radical (unpaired) electrons. The quantitative estimate of drug-likeness (QED) is 0.506. The van der Waals surface area contributed by atoms with Crippen LogP contribution >= 0.6 is 0 Å². The Bertz CT molecular complexity index is 182. The fraction of sp³-hybridized carbons (Fsp3) is 0.333. The maximum Gasteiger partial charge on any atom is -0.0163 e. The minimum absolute atomic E-state index is 1.04. The van der Waals surface area contributed by atoms with Crippen LogP contribution in [0.2, 0.25) is 0 Å². The van der Waals surface area contributed by atoms with Crippen LogP contribution in [0.1, 0.15) is 25.7 Å². The smallest absolute Gasteiger partial charge is 0.0163 e. The molecule has 0 spiro atoms. The van der Waals surface area contributed by atoms with Gasteiger partial charge >= 0.3 is 0 Å². The Morgan fingerprint density at radius 3 is 1.67 bits per heavy atom. The molecule has 0 saturated heterocycles. The molecule has 0 heteroatoms. The Labute approximate surface area is 75.0 Å². The van der Waals surface area contributed by atoms with E-state index in [-0.39, 0.29) is 0 Å². The molecule has 0 saturated carbocycles. The van der Waals surface area contributed by atoms with Crippen molar-refractivity contribution in [3.63, 3.8) is 0 Å². The van der Waals surface area contributed by atoms with Gasteiger partial charge in [0, 0.05) is 0 Å². The number of allylic oxidation sites excluding steroid dienone is 8. The van der Waals surface area contributed by atoms with Gasteiger partial charge < -0.3 is 0 Å². The van der Waals surface area contributed by atoms with E-state index in [9.17, 15) is 0 Å². The van der Waals surface area contributed by atoms with Gasteiger partial charge in [-0.2, -0.15) is 0 Å². The van der Waals surface area contributed by atoms with Crippen molar-refractivity contribution in [2.75, 3.05) is 0 Å². The summed E-state index contributed by atoms with van der Waals surface area (Å²) in [5, 5.41) is 0. The Hall–Kier alpha value is -1.04. The van der Waals surface area contributed by atoms with Gasteiger partial charge in [-0.3, -0.25) is 0 Å². The van der Waals surface area contributed by atoms with Gasteiger partial charge in [-0.05, 0) is 25.7 Å². The summed E-state index contributed by atoms with van der Waals surface area (Å²) in [5.74, 6) is 0. The first-order chi connectivity index (χ1) is 6.00. The summed E-state index contributed by atoms with van der Waals surface area (Å²) in [4.78, 5) is 0. The molecule has 0 bridgehead atoms. The third-order valence-electron chi connectivity index (χ3n) is 1.78. The first-order valence-electron chi connectivity index (χ1n) is 4.63. The Morgan fingerprint density at radius 1 is 0.583 bits per heavy atom. The van der Waals surface area contributed by atoms with Gasteiger partial charge in [-0.15, -0.1) is 0 Å². The fourth-order valence-electron chi connectivity index (χ4n) is 1.10. The predicted molar refractivity (Wildman–Crippen MR) is 55.0 cm³/mol. The highest BCUT2D eigenvalue weighted by atomic mass is 13.9. The Morgan fingerprint density at radius 2 is 1.08 bits per heavy atom. The molecule has 0 nitrogen and oxygen atoms in total. The van der Waals surface area contributed by atoms with Crippen LogP contribution in [0.5, 0.6) is 0 Å². The van der Waals surface area contributed by atoms with Crippen LogP contribution in [0.3, 0.4) is 0 Å². The van der Waals surface area contributed by atoms with E-state index in [4.69, 9.17) is 0 Å². The Kier molecular flexibility index (Phi) is 5.02. The van der Waals surface area contributed by atoms with Gasteiger partial charge in [-0.1, -0.05) is 48.6 Å². The van der Waals surface area contributed by atoms with Crippen LogP contribution in [0.15, 0.2) is 48.6 Å². The summed E-state index contributed by atoms with van der Waals surface area (Å²) in [6.45, 7) is 0. The zero-order chi connectivity index (χ0) is 8.49. The van der Waals surface area contributed by atoms with Crippen LogP contribution in [-0.4, -0.2) is 0 Å². The van der Waals surface area contributed by atoms with Crippen molar-refractivity contribution >= 4 is 0 Å². The standard InChI is InChI=1S/C12H16/c1-2-4-6-8-10-12-11-9-7-5-3-1/h1-4,7,9,11-12H,5-6,8,10H2. The number of rotatable bonds is 0. The maximum atomic E-state index is 2.23. The van der Waals surface area contributed by atoms with E-state index in [1.165, 1.54) is 19.3 Å². The second kappa shape index (κ2) is 6.66. The lowest BCUT2D eigenvalue weighted by Crippen LogP contribution is -1.69. The lowest BCUT2D eigenvalue weighted by atomic mass is 10.2. The molecule has 0 aromatic carbocycles. The van der Waals surface area contributed by atoms with E-state index >= 15 is 0 Å². The topological polar surface area (TPSA) is 0 Å². The van der Waals surface area contributed by atoms with Crippen LogP contribution in [0, 0.1) is 0 Å². The Balaban J connectivity index is 2.42. The zero-order valence-electron chi connectivity index (χ0n) is 7.45. The minimum atomic E-state index is 1.04. The van der Waals surface area contributed by atoms with Gasteiger partial charge in [0.15, 0.2) is 0 Å². The molecule has 0 unspecified atom stereocenters. The SMILES string of the molecule is C1=CCC=CC=CCCCC=C1. The van der Waals surface area contributed by atoms with E-state index in [0.29, 0.717) is 0 Å². The average molecular weight is 160 g/mol. The van der Waals surface area contributed by atoms with Crippen molar-refractivity contribution in [2.24, 2.45) is 0 Å². The highest BCUT2D eigenvalue weighted by molar-refractivity contribution is 5.09. The van der Waals surface area contributed by atoms with E-state index in [0.717, 1.165) is 6.42 Å². The molecule has 0 aliphatic heterocycles. The van der Waals surface area contributed by atoms with E-state index in [2.05, 4.69) is 48.6 Å². The summed E-state index contributed by atoms with van der Waals surface area (Å²) in [6.07, 6.45) is 22.0. The predicted octanol–water partition coefficient (Wildman–Crippen LogP) is 3.79. The van der Waals surface area contributed by atoms with Crippen molar-refractivity contribution < 1.29 is 0 Å². The van der Waals surface area contributed by atoms with E-state index in [1.54, 1.807) is 0 Å². The van der Waals surface area contributed by atoms with Crippen molar-refractivity contribution in [3.8, 4) is 0 Å². The largest absolute Gasteiger partial charge is 0.0845 e. The van der Waals surface area contributed by atoms with Gasteiger partial charge in [0.05, 0.1) is 0 Å². The van der Waals surface area contributed by atoms with Crippen LogP contribution in [0.4, 0.5) is 0 Å². The fourth-order valence-corrected chi connectivity index (χ4v) is 1.10. The van der Waals surface area contributed by atoms with Gasteiger partial charge in [0.25, 0.3) is 0 Å². The summed E-state index contributed by atoms with van der Waals surface area (Å²) in [5.41, 5.74) is 0. The van der Waals surface area contributed by atoms with Crippen molar-refractivity contribution in [1.82, 2.24) is 0 Å². The minimum Gasteiger partial charge on any atom is -0.0845 e. The first-order valence-corrected chi connectivity index (χ1v) is 4.63. The van der Waals surface area contributed by atoms with Crippen molar-refractivity contribution in [1.29, 1.82) is 0 Å². The zero-order valence-corrected chi connectivity index (χ0v) is 7.45. The van der Waals surface area contributed by atoms with Crippen LogP contribution in [0.25, 0.3) is 0 Å². The summed E-state index contributed by atoms with van der Waals surface area (Å²) >= 11 is 0. The monoisotopic (exact) mass is 160 g/mol. The molecular formula is C12H16. The average Bonchev–Trinajstić information content (AvgIpc) is 2.05. The molecule has 0 N–H and O–H groups in total. The van der Waals surface area contributed by atoms with E-state index in [1.807, 2.05) is 0 Å². The molecule has 1 aliphatic carbocycles. The molecule has 0 fully saturated rings. The molecule has 0 atom stereocenters. The van der Waals surface area contributed by atoms with Gasteiger partial charge in [0.2, 0.25) is 0 Å². The highest BCUT2D eigenvalue weighted by Crippen LogP contribution is 2.00. The normalized spacial score (nSPS) is 18.7. The lowest BCUT2D eigenvalue weighted by Gasteiger charge is -1.89. The molecule has 0 aromatic rings. The van der Waals surface area contributed by atoms with Gasteiger partial charge in [-0.25, -0.2) is 0 Å². The molecule has 0 aromatic heterocycles. The molecule has 0 heterocycles. The maximum absolute atomic E-state index is 2.23. The number of hydrogen-bond donors (Lipinski definition) is 0. The third kappa shape index (κ3) is 4.73. The summed E-state index contributed by atoms with van der Waals surface area (Å²) in [7, 11) is 0. The van der Waals surface area contributed by atoms with Crippen molar-refractivity contribution in [2.45, 2.75) is 25.7 Å². The third-order valence-corrected chi connectivity index (χ3v) is 1.78. The molecule has 1 rings (SSSR count).